The van der Waals surface area contributed by atoms with E-state index in [2.05, 4.69) is 11.4 Å². The number of hydrogen-bond donors (Lipinski definition) is 1. The Balaban J connectivity index is 1.82. The molecule has 1 N–H and O–H groups in total. The minimum Gasteiger partial charge on any atom is -0.497 e. The number of carbonyl (C=O) groups excluding carboxylic acids is 1. The Bertz CT molecular complexity index is 690. The molecule has 0 aromatic heterocycles. The van der Waals surface area contributed by atoms with Crippen LogP contribution in [0, 0.1) is 11.3 Å². The minimum absolute atomic E-state index is 0.200. The fourth-order valence-electron chi connectivity index (χ4n) is 2.08. The number of rotatable bonds is 7. The highest BCUT2D eigenvalue weighted by Gasteiger charge is 2.09. The van der Waals surface area contributed by atoms with Gasteiger partial charge in [-0.25, -0.2) is 0 Å². The zero-order chi connectivity index (χ0) is 16.5. The monoisotopic (exact) mass is 310 g/mol. The van der Waals surface area contributed by atoms with Crippen molar-refractivity contribution in [2.24, 2.45) is 0 Å². The van der Waals surface area contributed by atoms with E-state index < -0.39 is 0 Å². The first-order valence-electron chi connectivity index (χ1n) is 7.24. The third kappa shape index (κ3) is 4.75. The van der Waals surface area contributed by atoms with E-state index in [-0.39, 0.29) is 12.3 Å². The van der Waals surface area contributed by atoms with Crippen LogP contribution in [-0.4, -0.2) is 26.2 Å². The van der Waals surface area contributed by atoms with Crippen molar-refractivity contribution < 1.29 is 14.3 Å². The molecule has 0 fully saturated rings. The molecule has 1 amide bonds. The molecule has 0 aliphatic heterocycles. The number of carbonyl (C=O) groups is 1. The molecule has 2 rings (SSSR count). The van der Waals surface area contributed by atoms with Crippen molar-refractivity contribution in [3.63, 3.8) is 0 Å². The second-order valence-electron chi connectivity index (χ2n) is 4.77. The molecule has 2 aromatic rings. The van der Waals surface area contributed by atoms with Gasteiger partial charge in [0.05, 0.1) is 26.1 Å². The van der Waals surface area contributed by atoms with Gasteiger partial charge < -0.3 is 14.8 Å². The van der Waals surface area contributed by atoms with Gasteiger partial charge in [-0.3, -0.25) is 4.79 Å². The molecule has 0 saturated carbocycles. The predicted molar refractivity (Wildman–Crippen MR) is 86.6 cm³/mol. The Labute approximate surface area is 135 Å². The third-order valence-electron chi connectivity index (χ3n) is 3.25. The standard InChI is InChI=1S/C18H18N2O3/c1-22-15-6-8-16(9-7-15)23-13-12-20-18(21)17-5-3-2-4-14(17)10-11-19/h2-9H,10,12-13H2,1H3,(H,20,21). The largest absolute Gasteiger partial charge is 0.497 e. The first-order valence-corrected chi connectivity index (χ1v) is 7.24. The summed E-state index contributed by atoms with van der Waals surface area (Å²) in [5.74, 6) is 1.28. The molecule has 0 spiro atoms. The molecule has 0 atom stereocenters. The maximum atomic E-state index is 12.1. The molecule has 0 radical (unpaired) electrons. The van der Waals surface area contributed by atoms with Gasteiger partial charge in [-0.15, -0.1) is 0 Å². The second-order valence-corrected chi connectivity index (χ2v) is 4.77. The second kappa shape index (κ2) is 8.44. The molecule has 0 bridgehead atoms. The fraction of sp³-hybridized carbons (Fsp3) is 0.222. The topological polar surface area (TPSA) is 71.3 Å². The SMILES string of the molecule is COc1ccc(OCCNC(=O)c2ccccc2CC#N)cc1. The van der Waals surface area contributed by atoms with Crippen LogP contribution >= 0.6 is 0 Å². The summed E-state index contributed by atoms with van der Waals surface area (Å²) < 4.78 is 10.6. The van der Waals surface area contributed by atoms with Gasteiger partial charge >= 0.3 is 0 Å². The van der Waals surface area contributed by atoms with Crippen molar-refractivity contribution in [1.29, 1.82) is 5.26 Å². The minimum atomic E-state index is -0.200. The van der Waals surface area contributed by atoms with Gasteiger partial charge in [0.15, 0.2) is 0 Å². The lowest BCUT2D eigenvalue weighted by Crippen LogP contribution is -2.28. The molecule has 5 heteroatoms. The van der Waals surface area contributed by atoms with E-state index in [1.165, 1.54) is 0 Å². The average molecular weight is 310 g/mol. The van der Waals surface area contributed by atoms with E-state index in [0.717, 1.165) is 11.3 Å². The van der Waals surface area contributed by atoms with Crippen LogP contribution in [-0.2, 0) is 6.42 Å². The van der Waals surface area contributed by atoms with Crippen LogP contribution in [0.2, 0.25) is 0 Å². The number of methoxy groups -OCH3 is 1. The number of nitrogens with one attached hydrogen (secondary N) is 1. The Morgan fingerprint density at radius 2 is 1.83 bits per heavy atom. The quantitative estimate of drug-likeness (QED) is 0.798. The van der Waals surface area contributed by atoms with Gasteiger partial charge in [0.2, 0.25) is 0 Å². The fourth-order valence-corrected chi connectivity index (χ4v) is 2.08. The lowest BCUT2D eigenvalue weighted by Gasteiger charge is -2.10. The average Bonchev–Trinajstić information content (AvgIpc) is 2.60. The van der Waals surface area contributed by atoms with Gasteiger partial charge in [-0.1, -0.05) is 18.2 Å². The number of nitrogens with zero attached hydrogens (tertiary/aromatic N) is 1. The van der Waals surface area contributed by atoms with Crippen molar-refractivity contribution in [3.05, 3.63) is 59.7 Å². The van der Waals surface area contributed by atoms with Crippen molar-refractivity contribution >= 4 is 5.91 Å². The van der Waals surface area contributed by atoms with Gasteiger partial charge in [-0.2, -0.15) is 5.26 Å². The molecule has 5 nitrogen and oxygen atoms in total. The Morgan fingerprint density at radius 1 is 1.13 bits per heavy atom. The normalized spacial score (nSPS) is 9.74. The highest BCUT2D eigenvalue weighted by molar-refractivity contribution is 5.95. The molecular formula is C18H18N2O3. The smallest absolute Gasteiger partial charge is 0.251 e. The first kappa shape index (κ1) is 16.4. The zero-order valence-electron chi connectivity index (χ0n) is 12.9. The van der Waals surface area contributed by atoms with E-state index in [0.29, 0.717) is 24.5 Å². The van der Waals surface area contributed by atoms with Crippen molar-refractivity contribution in [2.45, 2.75) is 6.42 Å². The maximum absolute atomic E-state index is 12.1. The van der Waals surface area contributed by atoms with Gasteiger partial charge in [0.25, 0.3) is 5.91 Å². The van der Waals surface area contributed by atoms with E-state index >= 15 is 0 Å². The lowest BCUT2D eigenvalue weighted by molar-refractivity contribution is 0.0946. The molecule has 0 saturated heterocycles. The van der Waals surface area contributed by atoms with Crippen LogP contribution in [0.4, 0.5) is 0 Å². The summed E-state index contributed by atoms with van der Waals surface area (Å²) in [6.45, 7) is 0.740. The molecule has 0 aliphatic rings. The lowest BCUT2D eigenvalue weighted by atomic mass is 10.0. The summed E-state index contributed by atoms with van der Waals surface area (Å²) >= 11 is 0. The molecule has 118 valence electrons. The Kier molecular flexibility index (Phi) is 6.01. The van der Waals surface area contributed by atoms with Crippen LogP contribution in [0.15, 0.2) is 48.5 Å². The van der Waals surface area contributed by atoms with Crippen LogP contribution in [0.3, 0.4) is 0 Å². The van der Waals surface area contributed by atoms with Crippen molar-refractivity contribution in [2.75, 3.05) is 20.3 Å². The maximum Gasteiger partial charge on any atom is 0.251 e. The molecule has 0 aliphatic carbocycles. The highest BCUT2D eigenvalue weighted by Crippen LogP contribution is 2.16. The van der Waals surface area contributed by atoms with Gasteiger partial charge in [0, 0.05) is 5.56 Å². The molecule has 0 unspecified atom stereocenters. The predicted octanol–water partition coefficient (Wildman–Crippen LogP) is 2.57. The van der Waals surface area contributed by atoms with E-state index in [9.17, 15) is 4.79 Å². The number of nitriles is 1. The summed E-state index contributed by atoms with van der Waals surface area (Å²) in [5.41, 5.74) is 1.25. The van der Waals surface area contributed by atoms with Gasteiger partial charge in [-0.05, 0) is 35.9 Å². The summed E-state index contributed by atoms with van der Waals surface area (Å²) in [6.07, 6.45) is 0.214. The van der Waals surface area contributed by atoms with Crippen LogP contribution < -0.4 is 14.8 Å². The number of benzene rings is 2. The Morgan fingerprint density at radius 3 is 2.52 bits per heavy atom. The van der Waals surface area contributed by atoms with Crippen LogP contribution in [0.5, 0.6) is 11.5 Å². The number of ether oxygens (including phenoxy) is 2. The first-order chi connectivity index (χ1) is 11.2. The third-order valence-corrected chi connectivity index (χ3v) is 3.25. The molecule has 2 aromatic carbocycles. The van der Waals surface area contributed by atoms with Crippen LogP contribution in [0.25, 0.3) is 0 Å². The molecule has 0 heterocycles. The Hall–Kier alpha value is -3.00. The summed E-state index contributed by atoms with van der Waals surface area (Å²) in [7, 11) is 1.61. The zero-order valence-corrected chi connectivity index (χ0v) is 12.9. The number of amides is 1. The molecular weight excluding hydrogens is 292 g/mol. The highest BCUT2D eigenvalue weighted by atomic mass is 16.5. The van der Waals surface area contributed by atoms with E-state index in [1.54, 1.807) is 25.3 Å². The molecule has 23 heavy (non-hydrogen) atoms. The van der Waals surface area contributed by atoms with Gasteiger partial charge in [0.1, 0.15) is 18.1 Å². The van der Waals surface area contributed by atoms with Crippen LogP contribution in [0.1, 0.15) is 15.9 Å². The number of hydrogen-bond acceptors (Lipinski definition) is 4. The summed E-state index contributed by atoms with van der Waals surface area (Å²) in [6, 6.07) is 16.4. The van der Waals surface area contributed by atoms with E-state index in [1.807, 2.05) is 30.3 Å². The van der Waals surface area contributed by atoms with Crippen molar-refractivity contribution in [1.82, 2.24) is 5.32 Å². The van der Waals surface area contributed by atoms with Crippen molar-refractivity contribution in [3.8, 4) is 17.6 Å². The summed E-state index contributed by atoms with van der Waals surface area (Å²) in [4.78, 5) is 12.1. The summed E-state index contributed by atoms with van der Waals surface area (Å²) in [5, 5.41) is 11.6. The van der Waals surface area contributed by atoms with E-state index in [4.69, 9.17) is 14.7 Å².